The first-order chi connectivity index (χ1) is 28.0. The molecule has 59 heavy (non-hydrogen) atoms. The SMILES string of the molecule is Cc1ccc2c(c1)P(c1cc(CCC(C)(C)C)cc3c1Oc1c4cc(cc1C3(C)C)CCC(C)(C)Cc1ccc3c(c1)P4c1cc(C)ccc1O3)c1cc(C)ccc1O2. The number of fused-ring (bicyclic) bond motifs is 11. The van der Waals surface area contributed by atoms with Crippen molar-refractivity contribution in [3.8, 4) is 34.5 Å². The number of benzene rings is 6. The van der Waals surface area contributed by atoms with Gasteiger partial charge in [-0.05, 0) is 157 Å². The number of hydrogen-bond acceptors (Lipinski definition) is 3. The minimum absolute atomic E-state index is 0.145. The van der Waals surface area contributed by atoms with E-state index in [1.54, 1.807) is 0 Å². The van der Waals surface area contributed by atoms with Crippen LogP contribution in [0.1, 0.15) is 106 Å². The fourth-order valence-corrected chi connectivity index (χ4v) is 15.2. The minimum Gasteiger partial charge on any atom is -0.456 e. The Labute approximate surface area is 354 Å². The van der Waals surface area contributed by atoms with E-state index in [2.05, 4.69) is 166 Å². The molecule has 0 aromatic heterocycles. The summed E-state index contributed by atoms with van der Waals surface area (Å²) in [7, 11) is -2.04. The lowest BCUT2D eigenvalue weighted by Crippen LogP contribution is -2.35. The van der Waals surface area contributed by atoms with Crippen LogP contribution in [0.3, 0.4) is 0 Å². The van der Waals surface area contributed by atoms with Crippen molar-refractivity contribution in [2.24, 2.45) is 10.8 Å². The standard InChI is InChI=1S/C54H56O3P2/c1-32-11-15-40-44(23-32)58(45-24-33(2)12-16-41(45)55-40)48-28-35(19-21-52(4,5)6)26-38-50(48)57-51-39(54(38,9)10)27-36-20-22-53(7,8)31-37-14-18-43-47(30-37)59(49(51)29-36)46-25-34(3)13-17-42(46)56-43/h11-18,23-30H,19-22,31H2,1-10H3. The first-order valence-corrected chi connectivity index (χ1v) is 24.1. The molecule has 10 rings (SSSR count). The van der Waals surface area contributed by atoms with E-state index in [0.29, 0.717) is 0 Å². The highest BCUT2D eigenvalue weighted by Crippen LogP contribution is 2.57. The zero-order valence-corrected chi connectivity index (χ0v) is 38.2. The van der Waals surface area contributed by atoms with Gasteiger partial charge in [0.15, 0.2) is 0 Å². The van der Waals surface area contributed by atoms with Crippen molar-refractivity contribution in [3.63, 3.8) is 0 Å². The summed E-state index contributed by atoms with van der Waals surface area (Å²) in [6.45, 7) is 23.5. The Morgan fingerprint density at radius 3 is 1.54 bits per heavy atom. The molecule has 300 valence electrons. The van der Waals surface area contributed by atoms with Gasteiger partial charge in [0.2, 0.25) is 0 Å². The molecule has 4 aliphatic rings. The van der Waals surface area contributed by atoms with E-state index >= 15 is 0 Å². The Morgan fingerprint density at radius 1 is 0.525 bits per heavy atom. The monoisotopic (exact) mass is 814 g/mol. The maximum atomic E-state index is 7.80. The lowest BCUT2D eigenvalue weighted by Gasteiger charge is -2.40. The molecule has 1 unspecified atom stereocenters. The van der Waals surface area contributed by atoms with Crippen molar-refractivity contribution >= 4 is 47.7 Å². The maximum Gasteiger partial charge on any atom is 0.139 e. The molecule has 4 heterocycles. The average Bonchev–Trinajstić information content (AvgIpc) is 3.18. The van der Waals surface area contributed by atoms with Gasteiger partial charge in [-0.25, -0.2) is 0 Å². The van der Waals surface area contributed by atoms with Crippen LogP contribution < -0.4 is 46.0 Å². The Balaban J connectivity index is 1.26. The van der Waals surface area contributed by atoms with Gasteiger partial charge in [-0.3, -0.25) is 0 Å². The van der Waals surface area contributed by atoms with Crippen molar-refractivity contribution in [3.05, 3.63) is 142 Å². The molecule has 1 atom stereocenters. The third-order valence-electron chi connectivity index (χ3n) is 13.0. The van der Waals surface area contributed by atoms with Gasteiger partial charge in [-0.2, -0.15) is 0 Å². The molecule has 6 aromatic carbocycles. The first-order valence-electron chi connectivity index (χ1n) is 21.4. The quantitative estimate of drug-likeness (QED) is 0.166. The molecule has 0 saturated heterocycles. The average molecular weight is 815 g/mol. The molecule has 4 aliphatic heterocycles. The molecule has 5 heteroatoms. The van der Waals surface area contributed by atoms with Crippen LogP contribution >= 0.6 is 15.8 Å². The van der Waals surface area contributed by atoms with Crippen LogP contribution in [-0.2, 0) is 24.7 Å². The van der Waals surface area contributed by atoms with Gasteiger partial charge in [0.25, 0.3) is 0 Å². The summed E-state index contributed by atoms with van der Waals surface area (Å²) in [5, 5.41) is 7.67. The highest BCUT2D eigenvalue weighted by atomic mass is 31.1. The Hall–Kier alpha value is -4.42. The Bertz CT molecular complexity index is 2660. The van der Waals surface area contributed by atoms with Crippen LogP contribution in [0.15, 0.2) is 97.1 Å². The largest absolute Gasteiger partial charge is 0.456 e. The predicted octanol–water partition coefficient (Wildman–Crippen LogP) is 12.3. The lowest BCUT2D eigenvalue weighted by atomic mass is 9.74. The summed E-state index contributed by atoms with van der Waals surface area (Å²) in [5.74, 6) is 5.88. The highest BCUT2D eigenvalue weighted by molar-refractivity contribution is 7.81. The fourth-order valence-electron chi connectivity index (χ4n) is 9.61. The molecule has 6 aromatic rings. The van der Waals surface area contributed by atoms with E-state index in [0.717, 1.165) is 66.6 Å². The number of aryl methyl sites for hydroxylation is 5. The van der Waals surface area contributed by atoms with E-state index in [-0.39, 0.29) is 16.2 Å². The van der Waals surface area contributed by atoms with Crippen molar-refractivity contribution in [1.29, 1.82) is 0 Å². The van der Waals surface area contributed by atoms with Crippen LogP contribution in [0.5, 0.6) is 34.5 Å². The highest BCUT2D eigenvalue weighted by Gasteiger charge is 2.43. The van der Waals surface area contributed by atoms with Crippen LogP contribution in [-0.4, -0.2) is 0 Å². The van der Waals surface area contributed by atoms with Gasteiger partial charge in [0.1, 0.15) is 34.5 Å². The van der Waals surface area contributed by atoms with Crippen molar-refractivity contribution in [2.45, 2.75) is 107 Å². The molecular weight excluding hydrogens is 759 g/mol. The molecule has 0 aliphatic carbocycles. The molecule has 0 radical (unpaired) electrons. The molecule has 0 saturated carbocycles. The smallest absolute Gasteiger partial charge is 0.139 e. The van der Waals surface area contributed by atoms with Crippen LogP contribution in [0.25, 0.3) is 0 Å². The van der Waals surface area contributed by atoms with E-state index in [9.17, 15) is 0 Å². The van der Waals surface area contributed by atoms with Crippen LogP contribution in [0.2, 0.25) is 0 Å². The Kier molecular flexibility index (Phi) is 9.07. The molecule has 0 fully saturated rings. The maximum absolute atomic E-state index is 7.80. The first kappa shape index (κ1) is 38.8. The van der Waals surface area contributed by atoms with Crippen LogP contribution in [0.4, 0.5) is 0 Å². The lowest BCUT2D eigenvalue weighted by molar-refractivity contribution is 0.333. The number of hydrogen-bond donors (Lipinski definition) is 0. The summed E-state index contributed by atoms with van der Waals surface area (Å²) in [6.07, 6.45) is 5.27. The molecule has 0 N–H and O–H groups in total. The predicted molar refractivity (Wildman–Crippen MR) is 250 cm³/mol. The second kappa shape index (κ2) is 13.8. The summed E-state index contributed by atoms with van der Waals surface area (Å²) < 4.78 is 21.3. The third kappa shape index (κ3) is 6.82. The van der Waals surface area contributed by atoms with Gasteiger partial charge in [0, 0.05) is 48.4 Å². The zero-order chi connectivity index (χ0) is 41.2. The van der Waals surface area contributed by atoms with Crippen molar-refractivity contribution in [1.82, 2.24) is 0 Å². The summed E-state index contributed by atoms with van der Waals surface area (Å²) in [4.78, 5) is 0. The van der Waals surface area contributed by atoms with Gasteiger partial charge >= 0.3 is 0 Å². The fraction of sp³-hybridized carbons (Fsp3) is 0.333. The minimum atomic E-state index is -1.03. The zero-order valence-electron chi connectivity index (χ0n) is 36.4. The Morgan fingerprint density at radius 2 is 1.00 bits per heavy atom. The second-order valence-electron chi connectivity index (χ2n) is 20.2. The van der Waals surface area contributed by atoms with Crippen molar-refractivity contribution in [2.75, 3.05) is 0 Å². The van der Waals surface area contributed by atoms with E-state index in [1.165, 1.54) is 76.3 Å². The molecule has 3 nitrogen and oxygen atoms in total. The van der Waals surface area contributed by atoms with Crippen LogP contribution in [0, 0.1) is 31.6 Å². The van der Waals surface area contributed by atoms with Gasteiger partial charge in [-0.1, -0.05) is 102 Å². The van der Waals surface area contributed by atoms with Crippen molar-refractivity contribution < 1.29 is 14.2 Å². The molecule has 0 amide bonds. The number of rotatable bonds is 3. The summed E-state index contributed by atoms with van der Waals surface area (Å²) in [5.41, 5.74) is 10.5. The topological polar surface area (TPSA) is 27.7 Å². The van der Waals surface area contributed by atoms with Gasteiger partial charge < -0.3 is 14.2 Å². The number of ether oxygens (including phenoxy) is 3. The van der Waals surface area contributed by atoms with E-state index in [1.807, 2.05) is 0 Å². The summed E-state index contributed by atoms with van der Waals surface area (Å²) >= 11 is 0. The second-order valence-corrected chi connectivity index (χ2v) is 24.4. The van der Waals surface area contributed by atoms with Gasteiger partial charge in [-0.15, -0.1) is 0 Å². The van der Waals surface area contributed by atoms with E-state index in [4.69, 9.17) is 14.2 Å². The van der Waals surface area contributed by atoms with E-state index < -0.39 is 15.8 Å². The third-order valence-corrected chi connectivity index (χ3v) is 18.0. The normalized spacial score (nSPS) is 18.0. The molecule has 4 bridgehead atoms. The molecular formula is C54H56O3P2. The molecule has 0 spiro atoms. The summed E-state index contributed by atoms with van der Waals surface area (Å²) in [6, 6.07) is 37.2. The van der Waals surface area contributed by atoms with Gasteiger partial charge in [0.05, 0.1) is 0 Å².